The number of amides is 4. The highest BCUT2D eigenvalue weighted by molar-refractivity contribution is 9.12. The molecule has 0 bridgehead atoms. The first-order valence-electron chi connectivity index (χ1n) is 11.1. The third kappa shape index (κ3) is 7.81. The van der Waals surface area contributed by atoms with Crippen LogP contribution in [0.25, 0.3) is 0 Å². The van der Waals surface area contributed by atoms with E-state index >= 15 is 0 Å². The molecule has 4 amide bonds. The highest BCUT2D eigenvalue weighted by Gasteiger charge is 2.19. The molecule has 0 saturated carbocycles. The lowest BCUT2D eigenvalue weighted by molar-refractivity contribution is -0.112. The van der Waals surface area contributed by atoms with Crippen LogP contribution in [0.15, 0.2) is 41.7 Å². The Balaban J connectivity index is 0.00000533. The van der Waals surface area contributed by atoms with Gasteiger partial charge in [-0.25, -0.2) is 0 Å². The van der Waals surface area contributed by atoms with Gasteiger partial charge in [-0.05, 0) is 28.1 Å². The standard InChI is InChI=1S/C23H27BrN10O4.ClH/c1-12(24)20(35)28-13-8-16(33(3)10-13)22(37)30-19-9-17(34(4)31-19)23(38)29-14-7-15(32(2)11-14)21(36)27-6-5-18(25)26;/h7-11H,1,5-6H2,2-4H3,(H3,25,26)(H,27,36)(H,28,35)(H,29,38)(H,30,31,37);1H. The molecule has 0 aliphatic rings. The smallest absolute Gasteiger partial charge is 0.274 e. The summed E-state index contributed by atoms with van der Waals surface area (Å²) < 4.78 is 4.53. The van der Waals surface area contributed by atoms with Gasteiger partial charge in [0.2, 0.25) is 0 Å². The number of nitrogens with zero attached hydrogens (tertiary/aromatic N) is 4. The third-order valence-corrected chi connectivity index (χ3v) is 5.63. The summed E-state index contributed by atoms with van der Waals surface area (Å²) in [4.78, 5) is 49.8. The summed E-state index contributed by atoms with van der Waals surface area (Å²) in [6.45, 7) is 3.72. The normalized spacial score (nSPS) is 10.3. The van der Waals surface area contributed by atoms with E-state index in [1.54, 1.807) is 38.1 Å². The van der Waals surface area contributed by atoms with E-state index in [1.807, 2.05) is 0 Å². The van der Waals surface area contributed by atoms with Crippen LogP contribution in [-0.2, 0) is 25.9 Å². The van der Waals surface area contributed by atoms with Crippen LogP contribution >= 0.6 is 28.3 Å². The second-order valence-electron chi connectivity index (χ2n) is 8.29. The Labute approximate surface area is 238 Å². The van der Waals surface area contributed by atoms with E-state index < -0.39 is 17.7 Å². The van der Waals surface area contributed by atoms with Crippen molar-refractivity contribution in [1.82, 2.24) is 24.2 Å². The molecule has 3 aromatic heterocycles. The van der Waals surface area contributed by atoms with Crippen LogP contribution in [0, 0.1) is 5.41 Å². The van der Waals surface area contributed by atoms with E-state index in [-0.39, 0.29) is 58.8 Å². The summed E-state index contributed by atoms with van der Waals surface area (Å²) in [7, 11) is 4.85. The van der Waals surface area contributed by atoms with Gasteiger partial charge < -0.3 is 36.1 Å². The lowest BCUT2D eigenvalue weighted by atomic mass is 10.3. The molecule has 3 rings (SSSR count). The van der Waals surface area contributed by atoms with Crippen molar-refractivity contribution in [3.05, 3.63) is 58.7 Å². The Kier molecular flexibility index (Phi) is 10.2. The van der Waals surface area contributed by atoms with Gasteiger partial charge in [-0.2, -0.15) is 5.10 Å². The number of halogens is 2. The van der Waals surface area contributed by atoms with Gasteiger partial charge >= 0.3 is 0 Å². The predicted molar refractivity (Wildman–Crippen MR) is 153 cm³/mol. The molecule has 208 valence electrons. The Morgan fingerprint density at radius 3 is 2.03 bits per heavy atom. The van der Waals surface area contributed by atoms with Crippen molar-refractivity contribution >= 4 is 75.0 Å². The number of rotatable bonds is 10. The first kappa shape index (κ1) is 30.9. The molecule has 0 atom stereocenters. The monoisotopic (exact) mass is 622 g/mol. The molecule has 0 unspecified atom stereocenters. The van der Waals surface area contributed by atoms with Crippen molar-refractivity contribution in [2.24, 2.45) is 26.9 Å². The second kappa shape index (κ2) is 12.9. The maximum Gasteiger partial charge on any atom is 0.274 e. The molecule has 0 aliphatic heterocycles. The van der Waals surface area contributed by atoms with Crippen LogP contribution in [0.5, 0.6) is 0 Å². The summed E-state index contributed by atoms with van der Waals surface area (Å²) >= 11 is 3.00. The average Bonchev–Trinajstić information content (AvgIpc) is 3.49. The van der Waals surface area contributed by atoms with E-state index in [1.165, 1.54) is 27.4 Å². The Bertz CT molecular complexity index is 1450. The summed E-state index contributed by atoms with van der Waals surface area (Å²) in [6, 6.07) is 4.41. The van der Waals surface area contributed by atoms with Crippen molar-refractivity contribution in [3.63, 3.8) is 0 Å². The van der Waals surface area contributed by atoms with Gasteiger partial charge in [-0.3, -0.25) is 29.3 Å². The number of anilines is 3. The molecular weight excluding hydrogens is 596 g/mol. The molecule has 0 radical (unpaired) electrons. The van der Waals surface area contributed by atoms with E-state index in [0.29, 0.717) is 17.1 Å². The largest absolute Gasteiger partial charge is 0.388 e. The minimum atomic E-state index is -0.506. The van der Waals surface area contributed by atoms with Crippen molar-refractivity contribution in [2.45, 2.75) is 6.42 Å². The number of carbonyl (C=O) groups excluding carboxylic acids is 4. The van der Waals surface area contributed by atoms with E-state index in [9.17, 15) is 19.2 Å². The van der Waals surface area contributed by atoms with Crippen molar-refractivity contribution < 1.29 is 19.2 Å². The molecule has 0 spiro atoms. The molecule has 14 nitrogen and oxygen atoms in total. The van der Waals surface area contributed by atoms with Crippen molar-refractivity contribution in [3.8, 4) is 0 Å². The number of carbonyl (C=O) groups is 4. The van der Waals surface area contributed by atoms with Gasteiger partial charge in [-0.1, -0.05) is 6.58 Å². The average molecular weight is 624 g/mol. The molecule has 0 fully saturated rings. The van der Waals surface area contributed by atoms with Gasteiger partial charge in [0.25, 0.3) is 23.6 Å². The van der Waals surface area contributed by atoms with Crippen molar-refractivity contribution in [1.29, 1.82) is 5.41 Å². The zero-order valence-corrected chi connectivity index (χ0v) is 23.7. The maximum absolute atomic E-state index is 12.9. The van der Waals surface area contributed by atoms with Gasteiger partial charge in [0, 0.05) is 52.6 Å². The second-order valence-corrected chi connectivity index (χ2v) is 9.24. The molecule has 3 heterocycles. The summed E-state index contributed by atoms with van der Waals surface area (Å²) in [5, 5.41) is 22.0. The third-order valence-electron chi connectivity index (χ3n) is 5.27. The number of aromatic nitrogens is 4. The zero-order valence-electron chi connectivity index (χ0n) is 21.3. The SMILES string of the molecule is C=C(Br)C(=O)Nc1cc(C(=O)Nc2cc(C(=O)Nc3cc(C(=O)NCCC(=N)N)n(C)c3)n(C)n2)n(C)c1.Cl. The topological polar surface area (TPSA) is 194 Å². The van der Waals surface area contributed by atoms with E-state index in [2.05, 4.69) is 48.9 Å². The molecule has 16 heteroatoms. The van der Waals surface area contributed by atoms with Gasteiger partial charge in [0.05, 0.1) is 21.7 Å². The first-order chi connectivity index (χ1) is 17.8. The summed E-state index contributed by atoms with van der Waals surface area (Å²) in [5.41, 5.74) is 6.79. The fraction of sp³-hybridized carbons (Fsp3) is 0.217. The Morgan fingerprint density at radius 2 is 1.46 bits per heavy atom. The fourth-order valence-corrected chi connectivity index (χ4v) is 3.53. The van der Waals surface area contributed by atoms with Gasteiger partial charge in [0.15, 0.2) is 5.82 Å². The molecule has 0 saturated heterocycles. The minimum Gasteiger partial charge on any atom is -0.388 e. The summed E-state index contributed by atoms with van der Waals surface area (Å²) in [6.07, 6.45) is 3.37. The first-order valence-corrected chi connectivity index (χ1v) is 11.9. The van der Waals surface area contributed by atoms with E-state index in [0.717, 1.165) is 0 Å². The van der Waals surface area contributed by atoms with Crippen LogP contribution in [-0.4, -0.2) is 54.9 Å². The maximum atomic E-state index is 12.9. The van der Waals surface area contributed by atoms with Crippen molar-refractivity contribution in [2.75, 3.05) is 22.5 Å². The number of hydrogen-bond donors (Lipinski definition) is 6. The van der Waals surface area contributed by atoms with Crippen LogP contribution in [0.4, 0.5) is 17.2 Å². The highest BCUT2D eigenvalue weighted by Crippen LogP contribution is 2.18. The number of nitrogens with two attached hydrogens (primary N) is 1. The quantitative estimate of drug-likeness (QED) is 0.113. The van der Waals surface area contributed by atoms with Crippen LogP contribution in [0.1, 0.15) is 37.9 Å². The molecule has 39 heavy (non-hydrogen) atoms. The predicted octanol–water partition coefficient (Wildman–Crippen LogP) is 1.93. The number of aryl methyl sites for hydroxylation is 3. The lowest BCUT2D eigenvalue weighted by Crippen LogP contribution is -2.28. The molecule has 0 aromatic carbocycles. The van der Waals surface area contributed by atoms with Crippen LogP contribution in [0.2, 0.25) is 0 Å². The Hall–Kier alpha value is -4.37. The van der Waals surface area contributed by atoms with Gasteiger partial charge in [-0.15, -0.1) is 12.4 Å². The lowest BCUT2D eigenvalue weighted by Gasteiger charge is -2.04. The highest BCUT2D eigenvalue weighted by atomic mass is 79.9. The van der Waals surface area contributed by atoms with E-state index in [4.69, 9.17) is 11.1 Å². The minimum absolute atomic E-state index is 0. The Morgan fingerprint density at radius 1 is 0.923 bits per heavy atom. The van der Waals surface area contributed by atoms with Crippen LogP contribution < -0.4 is 27.0 Å². The number of amidine groups is 1. The molecular formula is C23H28BrClN10O4. The molecule has 7 N–H and O–H groups in total. The molecule has 0 aliphatic carbocycles. The fourth-order valence-electron chi connectivity index (χ4n) is 3.43. The van der Waals surface area contributed by atoms with Crippen LogP contribution in [0.3, 0.4) is 0 Å². The van der Waals surface area contributed by atoms with Gasteiger partial charge in [0.1, 0.15) is 17.1 Å². The number of nitrogens with one attached hydrogen (secondary N) is 5. The number of hydrogen-bond acceptors (Lipinski definition) is 6. The zero-order chi connectivity index (χ0) is 28.1. The summed E-state index contributed by atoms with van der Waals surface area (Å²) in [5.74, 6) is -1.72. The molecule has 3 aromatic rings.